The number of anilines is 2. The van der Waals surface area contributed by atoms with E-state index in [2.05, 4.69) is 15.4 Å². The number of carbonyl (C=O) groups is 2. The lowest BCUT2D eigenvalue weighted by Gasteiger charge is -2.31. The predicted molar refractivity (Wildman–Crippen MR) is 137 cm³/mol. The zero-order valence-corrected chi connectivity index (χ0v) is 21.4. The van der Waals surface area contributed by atoms with Crippen molar-refractivity contribution in [3.8, 4) is 0 Å². The first kappa shape index (κ1) is 26.5. The van der Waals surface area contributed by atoms with Crippen LogP contribution >= 0.6 is 0 Å². The molecule has 10 heteroatoms. The normalized spacial score (nSPS) is 14.6. The fourth-order valence-electron chi connectivity index (χ4n) is 3.95. The van der Waals surface area contributed by atoms with Crippen molar-refractivity contribution in [1.29, 1.82) is 0 Å². The van der Waals surface area contributed by atoms with Crippen LogP contribution in [0.2, 0.25) is 0 Å². The second kappa shape index (κ2) is 11.1. The summed E-state index contributed by atoms with van der Waals surface area (Å²) < 4.78 is 34.6. The lowest BCUT2D eigenvalue weighted by atomic mass is 10.0. The minimum absolute atomic E-state index is 0.266. The Morgan fingerprint density at radius 3 is 2.46 bits per heavy atom. The van der Waals surface area contributed by atoms with Crippen LogP contribution in [0.5, 0.6) is 0 Å². The summed E-state index contributed by atoms with van der Waals surface area (Å²) >= 11 is 0. The van der Waals surface area contributed by atoms with Gasteiger partial charge in [0.15, 0.2) is 0 Å². The number of carbonyl (C=O) groups excluding carboxylic acids is 2. The maximum Gasteiger partial charge on any atom is 0.408 e. The van der Waals surface area contributed by atoms with E-state index in [0.29, 0.717) is 30.8 Å². The van der Waals surface area contributed by atoms with Crippen LogP contribution in [0.1, 0.15) is 45.2 Å². The number of amides is 2. The van der Waals surface area contributed by atoms with Gasteiger partial charge in [-0.1, -0.05) is 43.3 Å². The molecule has 1 atom stereocenters. The number of ether oxygens (including phenoxy) is 1. The van der Waals surface area contributed by atoms with Gasteiger partial charge in [-0.15, -0.1) is 0 Å². The number of hydrogen-bond acceptors (Lipinski definition) is 5. The molecule has 1 aliphatic rings. The zero-order valence-electron chi connectivity index (χ0n) is 20.6. The van der Waals surface area contributed by atoms with Gasteiger partial charge in [-0.3, -0.25) is 9.10 Å². The van der Waals surface area contributed by atoms with Crippen molar-refractivity contribution in [2.75, 3.05) is 22.7 Å². The summed E-state index contributed by atoms with van der Waals surface area (Å²) in [6.07, 6.45) is 0.814. The Morgan fingerprint density at radius 1 is 1.09 bits per heavy atom. The highest BCUT2D eigenvalue weighted by molar-refractivity contribution is 7.90. The Kier molecular flexibility index (Phi) is 8.39. The van der Waals surface area contributed by atoms with E-state index in [1.54, 1.807) is 45.9 Å². The van der Waals surface area contributed by atoms with Gasteiger partial charge < -0.3 is 15.4 Å². The highest BCUT2D eigenvalue weighted by atomic mass is 32.2. The number of nitrogens with one attached hydrogen (secondary N) is 3. The first-order valence-corrected chi connectivity index (χ1v) is 13.2. The van der Waals surface area contributed by atoms with Gasteiger partial charge in [-0.2, -0.15) is 13.1 Å². The molecule has 1 aliphatic heterocycles. The molecule has 0 radical (unpaired) electrons. The molecule has 2 amide bonds. The maximum absolute atomic E-state index is 13.4. The van der Waals surface area contributed by atoms with Gasteiger partial charge in [-0.05, 0) is 51.3 Å². The molecular formula is C25H34N4O5S. The highest BCUT2D eigenvalue weighted by Crippen LogP contribution is 2.34. The van der Waals surface area contributed by atoms with Crippen molar-refractivity contribution in [3.05, 3.63) is 59.7 Å². The molecule has 0 bridgehead atoms. The molecule has 3 rings (SSSR count). The number of rotatable bonds is 8. The van der Waals surface area contributed by atoms with E-state index in [1.165, 1.54) is 4.31 Å². The molecular weight excluding hydrogens is 468 g/mol. The van der Waals surface area contributed by atoms with E-state index < -0.39 is 33.9 Å². The maximum atomic E-state index is 13.4. The highest BCUT2D eigenvalue weighted by Gasteiger charge is 2.30. The van der Waals surface area contributed by atoms with Crippen LogP contribution in [0.4, 0.5) is 16.2 Å². The SMILES string of the molecule is CCNS(=O)(=O)N1CCCc2c(NC(=O)C(Cc3ccccc3)NC(=O)OC(C)(C)C)cccc21. The van der Waals surface area contributed by atoms with Crippen LogP contribution in [0.3, 0.4) is 0 Å². The summed E-state index contributed by atoms with van der Waals surface area (Å²) in [5.74, 6) is -0.417. The van der Waals surface area contributed by atoms with Crippen LogP contribution < -0.4 is 19.7 Å². The second-order valence-electron chi connectivity index (χ2n) is 9.36. The zero-order chi connectivity index (χ0) is 25.6. The van der Waals surface area contributed by atoms with E-state index in [9.17, 15) is 18.0 Å². The average molecular weight is 503 g/mol. The van der Waals surface area contributed by atoms with Crippen LogP contribution in [0.25, 0.3) is 0 Å². The topological polar surface area (TPSA) is 117 Å². The van der Waals surface area contributed by atoms with Crippen LogP contribution in [0, 0.1) is 0 Å². The van der Waals surface area contributed by atoms with Crippen molar-refractivity contribution >= 4 is 33.6 Å². The molecule has 3 N–H and O–H groups in total. The Balaban J connectivity index is 1.86. The third-order valence-corrected chi connectivity index (χ3v) is 6.99. The number of benzene rings is 2. The summed E-state index contributed by atoms with van der Waals surface area (Å²) in [5.41, 5.74) is 1.96. The van der Waals surface area contributed by atoms with Gasteiger partial charge in [-0.25, -0.2) is 4.79 Å². The van der Waals surface area contributed by atoms with Crippen LogP contribution in [-0.2, 0) is 32.6 Å². The summed E-state index contributed by atoms with van der Waals surface area (Å²) in [6, 6.07) is 13.7. The van der Waals surface area contributed by atoms with E-state index in [0.717, 1.165) is 11.1 Å². The van der Waals surface area contributed by atoms with E-state index in [4.69, 9.17) is 4.74 Å². The third-order valence-electron chi connectivity index (χ3n) is 5.37. The number of alkyl carbamates (subject to hydrolysis) is 1. The minimum atomic E-state index is -3.69. The number of fused-ring (bicyclic) bond motifs is 1. The third kappa shape index (κ3) is 7.19. The molecule has 35 heavy (non-hydrogen) atoms. The first-order chi connectivity index (χ1) is 16.5. The quantitative estimate of drug-likeness (QED) is 0.512. The molecule has 1 unspecified atom stereocenters. The summed E-state index contributed by atoms with van der Waals surface area (Å²) in [6.45, 7) is 7.62. The Labute approximate surface area is 207 Å². The molecule has 2 aromatic carbocycles. The van der Waals surface area contributed by atoms with Gasteiger partial charge >= 0.3 is 16.3 Å². The molecule has 1 heterocycles. The molecule has 0 saturated heterocycles. The second-order valence-corrected chi connectivity index (χ2v) is 11.0. The molecule has 0 spiro atoms. The van der Waals surface area contributed by atoms with Gasteiger partial charge in [0.05, 0.1) is 5.69 Å². The van der Waals surface area contributed by atoms with Gasteiger partial charge in [0.25, 0.3) is 0 Å². The monoisotopic (exact) mass is 502 g/mol. The van der Waals surface area contributed by atoms with Gasteiger partial charge in [0.2, 0.25) is 5.91 Å². The average Bonchev–Trinajstić information content (AvgIpc) is 2.78. The largest absolute Gasteiger partial charge is 0.444 e. The first-order valence-electron chi connectivity index (χ1n) is 11.7. The van der Waals surface area contributed by atoms with Crippen molar-refractivity contribution < 1.29 is 22.7 Å². The van der Waals surface area contributed by atoms with Crippen molar-refractivity contribution in [2.24, 2.45) is 0 Å². The summed E-state index contributed by atoms with van der Waals surface area (Å²) in [4.78, 5) is 25.8. The molecule has 0 aromatic heterocycles. The van der Waals surface area contributed by atoms with Crippen molar-refractivity contribution in [1.82, 2.24) is 10.0 Å². The fourth-order valence-corrected chi connectivity index (χ4v) is 5.27. The van der Waals surface area contributed by atoms with E-state index >= 15 is 0 Å². The van der Waals surface area contributed by atoms with Crippen LogP contribution in [-0.4, -0.2) is 45.2 Å². The Morgan fingerprint density at radius 2 is 1.80 bits per heavy atom. The summed E-state index contributed by atoms with van der Waals surface area (Å²) in [7, 11) is -3.69. The van der Waals surface area contributed by atoms with Gasteiger partial charge in [0, 0.05) is 30.8 Å². The smallest absolute Gasteiger partial charge is 0.408 e. The van der Waals surface area contributed by atoms with Crippen molar-refractivity contribution in [3.63, 3.8) is 0 Å². The lowest BCUT2D eigenvalue weighted by Crippen LogP contribution is -2.47. The van der Waals surface area contributed by atoms with Crippen LogP contribution in [0.15, 0.2) is 48.5 Å². The lowest BCUT2D eigenvalue weighted by molar-refractivity contribution is -0.118. The standard InChI is InChI=1S/C25H34N4O5S/c1-5-26-35(32,33)29-16-10-13-19-20(14-9-15-22(19)29)27-23(30)21(17-18-11-7-6-8-12-18)28-24(31)34-25(2,3)4/h6-9,11-12,14-15,21,26H,5,10,13,16-17H2,1-4H3,(H,27,30)(H,28,31). The fraction of sp³-hybridized carbons (Fsp3) is 0.440. The summed E-state index contributed by atoms with van der Waals surface area (Å²) in [5, 5.41) is 5.59. The number of hydrogen-bond donors (Lipinski definition) is 3. The molecule has 0 saturated carbocycles. The van der Waals surface area contributed by atoms with Crippen molar-refractivity contribution in [2.45, 2.75) is 58.6 Å². The Bertz CT molecular complexity index is 1150. The van der Waals surface area contributed by atoms with E-state index in [1.807, 2.05) is 30.3 Å². The molecule has 9 nitrogen and oxygen atoms in total. The molecule has 2 aromatic rings. The predicted octanol–water partition coefficient (Wildman–Crippen LogP) is 3.37. The minimum Gasteiger partial charge on any atom is -0.444 e. The Hall–Kier alpha value is -3.11. The number of nitrogens with zero attached hydrogens (tertiary/aromatic N) is 1. The van der Waals surface area contributed by atoms with Gasteiger partial charge in [0.1, 0.15) is 11.6 Å². The molecule has 190 valence electrons. The molecule has 0 aliphatic carbocycles. The molecule has 0 fully saturated rings. The van der Waals surface area contributed by atoms with E-state index in [-0.39, 0.29) is 13.0 Å².